The van der Waals surface area contributed by atoms with Crippen LogP contribution < -0.4 is 0 Å². The summed E-state index contributed by atoms with van der Waals surface area (Å²) in [5.41, 5.74) is 0. The van der Waals surface area contributed by atoms with Crippen LogP contribution in [-0.4, -0.2) is 77.1 Å². The Bertz CT molecular complexity index is 27.2. The summed E-state index contributed by atoms with van der Waals surface area (Å²) in [5.74, 6) is 0. The molecule has 0 amide bonds. The topological polar surface area (TPSA) is 80.9 Å². The summed E-state index contributed by atoms with van der Waals surface area (Å²) in [6.07, 6.45) is 0. The van der Waals surface area contributed by atoms with Gasteiger partial charge in [-0.2, -0.15) is 0 Å². The second-order valence-electron chi connectivity index (χ2n) is 0.600. The van der Waals surface area contributed by atoms with Crippen LogP contribution in [-0.2, 0) is 26.2 Å². The number of rotatable bonds is 0. The van der Waals surface area contributed by atoms with E-state index < -0.39 is 9.05 Å². The van der Waals surface area contributed by atoms with Crippen molar-refractivity contribution in [1.82, 2.24) is 0 Å². The molecule has 0 aliphatic heterocycles. The van der Waals surface area contributed by atoms with Gasteiger partial charge in [-0.3, -0.25) is 0 Å². The number of hydrogen-bond acceptors (Lipinski definition) is 4. The molecule has 40 valence electrons. The van der Waals surface area contributed by atoms with Crippen molar-refractivity contribution in [3.8, 4) is 0 Å². The van der Waals surface area contributed by atoms with Crippen molar-refractivity contribution in [2.24, 2.45) is 0 Å². The summed E-state index contributed by atoms with van der Waals surface area (Å²) in [4.78, 5) is 29.3. The largest absolute Gasteiger partial charge is 0 e. The summed E-state index contributed by atoms with van der Waals surface area (Å²) < 4.78 is 0. The Morgan fingerprint density at radius 2 is 0.857 bits per heavy atom. The third kappa shape index (κ3) is 57.2. The maximum Gasteiger partial charge on any atom is 0 e. The molecule has 0 aromatic carbocycles. The third-order valence-electron chi connectivity index (χ3n) is 0. The molecule has 0 saturated heterocycles. The van der Waals surface area contributed by atoms with E-state index >= 15 is 0 Å². The van der Waals surface area contributed by atoms with Crippen LogP contribution in [0.25, 0.3) is 0 Å². The fourth-order valence-electron chi connectivity index (χ4n) is 0. The zero-order valence-electron chi connectivity index (χ0n) is 2.79. The first-order chi connectivity index (χ1) is 2.00. The Hall–Kier alpha value is 2.51. The summed E-state index contributed by atoms with van der Waals surface area (Å²) in [7, 11) is -4.61. The summed E-state index contributed by atoms with van der Waals surface area (Å²) in [5, 5.41) is 0. The van der Waals surface area contributed by atoms with Gasteiger partial charge in [-0.1, -0.05) is 0 Å². The van der Waals surface area contributed by atoms with Crippen LogP contribution in [0.5, 0.6) is 0 Å². The van der Waals surface area contributed by atoms with E-state index in [-0.39, 0.29) is 75.1 Å². The van der Waals surface area contributed by atoms with Gasteiger partial charge < -0.3 is 19.2 Å². The van der Waals surface area contributed by atoms with Gasteiger partial charge in [-0.15, -0.1) is 0 Å². The monoisotopic (exact) mass is 326 g/mol. The Balaban J connectivity index is -0.0000000800. The molecular formula is H6BaO4SiZr. The van der Waals surface area contributed by atoms with Gasteiger partial charge in [0, 0.05) is 26.2 Å². The fourth-order valence-corrected chi connectivity index (χ4v) is 0. The van der Waals surface area contributed by atoms with Crippen molar-refractivity contribution in [2.45, 2.75) is 0 Å². The molecule has 7 heteroatoms. The summed E-state index contributed by atoms with van der Waals surface area (Å²) in [6, 6.07) is 0. The first kappa shape index (κ1) is 16.3. The van der Waals surface area contributed by atoms with Crippen molar-refractivity contribution in [2.75, 3.05) is 0 Å². The van der Waals surface area contributed by atoms with E-state index in [1.165, 1.54) is 0 Å². The third-order valence-corrected chi connectivity index (χ3v) is 0. The van der Waals surface area contributed by atoms with E-state index in [1.54, 1.807) is 0 Å². The van der Waals surface area contributed by atoms with Crippen LogP contribution in [0.15, 0.2) is 0 Å². The molecule has 0 fully saturated rings. The molecule has 0 spiro atoms. The van der Waals surface area contributed by atoms with Gasteiger partial charge in [0.2, 0.25) is 0 Å². The van der Waals surface area contributed by atoms with Crippen molar-refractivity contribution in [1.29, 1.82) is 0 Å². The van der Waals surface area contributed by atoms with Crippen LogP contribution in [0.1, 0.15) is 0 Å². The molecule has 0 saturated carbocycles. The standard InChI is InChI=1S/Ba.H4O4Si.Zr.2H/c;1-5(2,3)4;;;/h;1-4H;;;. The molecule has 0 aliphatic rings. The predicted octanol–water partition coefficient (Wildman–Crippen LogP) is -3.53. The van der Waals surface area contributed by atoms with Gasteiger partial charge in [0.05, 0.1) is 0 Å². The zero-order chi connectivity index (χ0) is 4.50. The van der Waals surface area contributed by atoms with Crippen LogP contribution >= 0.6 is 0 Å². The molecule has 7 heavy (non-hydrogen) atoms. The maximum absolute atomic E-state index is 7.33. The molecule has 0 radical (unpaired) electrons. The Morgan fingerprint density at radius 1 is 0.857 bits per heavy atom. The summed E-state index contributed by atoms with van der Waals surface area (Å²) >= 11 is 0. The summed E-state index contributed by atoms with van der Waals surface area (Å²) in [6.45, 7) is 0. The predicted molar refractivity (Wildman–Crippen MR) is 23.2 cm³/mol. The molecule has 4 N–H and O–H groups in total. The van der Waals surface area contributed by atoms with Gasteiger partial charge in [-0.05, 0) is 0 Å². The molecular weight excluding hydrogens is 321 g/mol. The van der Waals surface area contributed by atoms with Gasteiger partial charge in [0.15, 0.2) is 0 Å². The van der Waals surface area contributed by atoms with Crippen LogP contribution in [0.4, 0.5) is 0 Å². The quantitative estimate of drug-likeness (QED) is 0.348. The first-order valence-corrected chi connectivity index (χ1v) is 2.68. The van der Waals surface area contributed by atoms with Crippen molar-refractivity contribution in [3.63, 3.8) is 0 Å². The minimum atomic E-state index is -4.61. The SMILES string of the molecule is O[Si](O)(O)O.[BaH2].[Zr]. The Kier molecular flexibility index (Phi) is 15.4. The Morgan fingerprint density at radius 3 is 0.857 bits per heavy atom. The molecule has 0 rings (SSSR count). The van der Waals surface area contributed by atoms with Gasteiger partial charge in [-0.25, -0.2) is 0 Å². The smallest absolute Gasteiger partial charge is 0 e. The van der Waals surface area contributed by atoms with Gasteiger partial charge in [0.1, 0.15) is 0 Å². The van der Waals surface area contributed by atoms with Crippen molar-refractivity contribution >= 4 is 57.9 Å². The second-order valence-corrected chi connectivity index (χ2v) is 1.80. The van der Waals surface area contributed by atoms with Crippen LogP contribution in [0, 0.1) is 0 Å². The van der Waals surface area contributed by atoms with E-state index in [0.717, 1.165) is 0 Å². The normalized spacial score (nSPS) is 8.57. The van der Waals surface area contributed by atoms with E-state index in [2.05, 4.69) is 0 Å². The van der Waals surface area contributed by atoms with E-state index in [1.807, 2.05) is 0 Å². The first-order valence-electron chi connectivity index (χ1n) is 0.894. The maximum atomic E-state index is 7.33. The van der Waals surface area contributed by atoms with Gasteiger partial charge >= 0.3 is 57.9 Å². The van der Waals surface area contributed by atoms with Crippen LogP contribution in [0.2, 0.25) is 0 Å². The molecule has 0 unspecified atom stereocenters. The van der Waals surface area contributed by atoms with Crippen molar-refractivity contribution in [3.05, 3.63) is 0 Å². The zero-order valence-corrected chi connectivity index (χ0v) is 6.25. The average molecular weight is 327 g/mol. The number of hydrogen-bond donors (Lipinski definition) is 4. The van der Waals surface area contributed by atoms with Crippen LogP contribution in [0.3, 0.4) is 0 Å². The van der Waals surface area contributed by atoms with E-state index in [0.29, 0.717) is 0 Å². The molecule has 4 nitrogen and oxygen atoms in total. The average Bonchev–Trinajstić information content (AvgIpc) is 0.722. The fraction of sp³-hybridized carbons (Fsp3) is 0. The Labute approximate surface area is 101 Å². The minimum absolute atomic E-state index is 0. The van der Waals surface area contributed by atoms with Crippen molar-refractivity contribution < 1.29 is 45.4 Å². The molecule has 0 aromatic rings. The van der Waals surface area contributed by atoms with E-state index in [9.17, 15) is 0 Å². The minimum Gasteiger partial charge on any atom is 0 e. The van der Waals surface area contributed by atoms with Gasteiger partial charge in [0.25, 0.3) is 0 Å². The molecule has 0 aliphatic carbocycles. The molecule has 0 bridgehead atoms. The molecule has 0 aromatic heterocycles. The molecule has 0 atom stereocenters. The van der Waals surface area contributed by atoms with E-state index in [4.69, 9.17) is 19.2 Å². The molecule has 0 heterocycles. The second kappa shape index (κ2) is 6.63.